The molecule has 0 aliphatic rings. The van der Waals surface area contributed by atoms with Crippen LogP contribution in [0.2, 0.25) is 0 Å². The summed E-state index contributed by atoms with van der Waals surface area (Å²) in [5, 5.41) is 2.44. The van der Waals surface area contributed by atoms with Crippen LogP contribution in [-0.2, 0) is 19.3 Å². The lowest BCUT2D eigenvalue weighted by atomic mass is 10.1. The fraction of sp³-hybridized carbons (Fsp3) is 0.211. The van der Waals surface area contributed by atoms with Crippen molar-refractivity contribution in [2.24, 2.45) is 0 Å². The number of aromatic nitrogens is 2. The van der Waals surface area contributed by atoms with Crippen molar-refractivity contribution < 1.29 is 18.0 Å². The van der Waals surface area contributed by atoms with E-state index in [9.17, 15) is 22.8 Å². The number of aryl methyl sites for hydroxylation is 1. The minimum absolute atomic E-state index is 0.103. The van der Waals surface area contributed by atoms with Gasteiger partial charge in [0.25, 0.3) is 5.91 Å². The second-order valence-electron chi connectivity index (χ2n) is 5.89. The van der Waals surface area contributed by atoms with Crippen molar-refractivity contribution in [3.05, 3.63) is 75.8 Å². The topological polar surface area (TPSA) is 64.0 Å². The van der Waals surface area contributed by atoms with Crippen molar-refractivity contribution in [3.8, 4) is 0 Å². The van der Waals surface area contributed by atoms with E-state index in [0.29, 0.717) is 17.8 Å². The molecule has 8 heteroatoms. The number of nitrogens with zero attached hydrogens (tertiary/aromatic N) is 2. The summed E-state index contributed by atoms with van der Waals surface area (Å²) in [5.74, 6) is -0.660. The lowest BCUT2D eigenvalue weighted by Gasteiger charge is -2.14. The standard InChI is InChI=1S/C19H16F3N3O2/c1-2-25-11-15(18(27)24-10-13-5-3-4-8-23-13)17(26)14-9-12(19(20,21)22)6-7-16(14)25/h3-9,11H,2,10H2,1H3,(H,24,27). The van der Waals surface area contributed by atoms with Crippen LogP contribution in [0.4, 0.5) is 13.2 Å². The molecule has 2 aromatic heterocycles. The quantitative estimate of drug-likeness (QED) is 0.761. The van der Waals surface area contributed by atoms with Crippen LogP contribution in [0.15, 0.2) is 53.6 Å². The van der Waals surface area contributed by atoms with Crippen LogP contribution in [0.25, 0.3) is 10.9 Å². The van der Waals surface area contributed by atoms with E-state index in [4.69, 9.17) is 0 Å². The predicted molar refractivity (Wildman–Crippen MR) is 94.3 cm³/mol. The van der Waals surface area contributed by atoms with Crippen LogP contribution >= 0.6 is 0 Å². The number of benzene rings is 1. The molecule has 0 unspecified atom stereocenters. The van der Waals surface area contributed by atoms with Gasteiger partial charge in [0.15, 0.2) is 0 Å². The molecule has 27 heavy (non-hydrogen) atoms. The van der Waals surface area contributed by atoms with Gasteiger partial charge in [0, 0.05) is 24.3 Å². The Balaban J connectivity index is 2.03. The van der Waals surface area contributed by atoms with Gasteiger partial charge in [-0.3, -0.25) is 14.6 Å². The summed E-state index contributed by atoms with van der Waals surface area (Å²) in [6.45, 7) is 2.27. The SMILES string of the molecule is CCn1cc(C(=O)NCc2ccccn2)c(=O)c2cc(C(F)(F)F)ccc21. The van der Waals surface area contributed by atoms with E-state index in [2.05, 4.69) is 10.3 Å². The highest BCUT2D eigenvalue weighted by atomic mass is 19.4. The number of alkyl halides is 3. The molecule has 0 saturated carbocycles. The molecule has 0 aliphatic heterocycles. The Morgan fingerprint density at radius 3 is 2.63 bits per heavy atom. The average molecular weight is 375 g/mol. The highest BCUT2D eigenvalue weighted by molar-refractivity contribution is 5.97. The van der Waals surface area contributed by atoms with Gasteiger partial charge in [-0.05, 0) is 37.3 Å². The minimum atomic E-state index is -4.57. The van der Waals surface area contributed by atoms with Gasteiger partial charge >= 0.3 is 6.18 Å². The first-order valence-electron chi connectivity index (χ1n) is 8.23. The molecule has 0 atom stereocenters. The van der Waals surface area contributed by atoms with Gasteiger partial charge < -0.3 is 9.88 Å². The summed E-state index contributed by atoms with van der Waals surface area (Å²) in [4.78, 5) is 29.2. The first-order valence-corrected chi connectivity index (χ1v) is 8.23. The Kier molecular flexibility index (Phi) is 4.98. The highest BCUT2D eigenvalue weighted by Crippen LogP contribution is 2.30. The van der Waals surface area contributed by atoms with Gasteiger partial charge in [-0.15, -0.1) is 0 Å². The Bertz CT molecular complexity index is 1040. The third kappa shape index (κ3) is 3.84. The van der Waals surface area contributed by atoms with Crippen LogP contribution in [0.5, 0.6) is 0 Å². The molecule has 140 valence electrons. The van der Waals surface area contributed by atoms with Crippen molar-refractivity contribution in [1.82, 2.24) is 14.9 Å². The summed E-state index contributed by atoms with van der Waals surface area (Å²) >= 11 is 0. The van der Waals surface area contributed by atoms with Crippen LogP contribution in [0, 0.1) is 0 Å². The average Bonchev–Trinajstić information content (AvgIpc) is 2.66. The molecule has 0 spiro atoms. The Morgan fingerprint density at radius 1 is 1.22 bits per heavy atom. The molecule has 0 fully saturated rings. The van der Waals surface area contributed by atoms with E-state index < -0.39 is 23.1 Å². The van der Waals surface area contributed by atoms with Crippen molar-refractivity contribution in [2.75, 3.05) is 0 Å². The molecule has 3 aromatic rings. The summed E-state index contributed by atoms with van der Waals surface area (Å²) in [6, 6.07) is 8.16. The maximum atomic E-state index is 13.0. The number of halogens is 3. The second kappa shape index (κ2) is 7.22. The number of nitrogens with one attached hydrogen (secondary N) is 1. The molecular formula is C19H16F3N3O2. The first-order chi connectivity index (χ1) is 12.8. The smallest absolute Gasteiger partial charge is 0.347 e. The number of hydrogen-bond acceptors (Lipinski definition) is 3. The van der Waals surface area contributed by atoms with Gasteiger partial charge in [-0.2, -0.15) is 13.2 Å². The van der Waals surface area contributed by atoms with Crippen LogP contribution in [0.3, 0.4) is 0 Å². The molecule has 1 aromatic carbocycles. The third-order valence-electron chi connectivity index (χ3n) is 4.15. The summed E-state index contributed by atoms with van der Waals surface area (Å²) < 4.78 is 40.6. The zero-order valence-corrected chi connectivity index (χ0v) is 14.4. The molecule has 2 heterocycles. The van der Waals surface area contributed by atoms with E-state index in [0.717, 1.165) is 12.1 Å². The van der Waals surface area contributed by atoms with E-state index in [1.165, 1.54) is 12.3 Å². The van der Waals surface area contributed by atoms with Crippen LogP contribution < -0.4 is 10.7 Å². The lowest BCUT2D eigenvalue weighted by molar-refractivity contribution is -0.137. The number of carbonyl (C=O) groups is 1. The molecule has 0 bridgehead atoms. The van der Waals surface area contributed by atoms with Crippen molar-refractivity contribution in [3.63, 3.8) is 0 Å². The number of rotatable bonds is 4. The Labute approximate surface area is 152 Å². The second-order valence-corrected chi connectivity index (χ2v) is 5.89. The van der Waals surface area contributed by atoms with E-state index >= 15 is 0 Å². The molecule has 0 aliphatic carbocycles. The fourth-order valence-electron chi connectivity index (χ4n) is 2.77. The van der Waals surface area contributed by atoms with Gasteiger partial charge in [-0.1, -0.05) is 6.07 Å². The number of hydrogen-bond donors (Lipinski definition) is 1. The first kappa shape index (κ1) is 18.6. The molecule has 0 saturated heterocycles. The van der Waals surface area contributed by atoms with Crippen molar-refractivity contribution in [1.29, 1.82) is 0 Å². The van der Waals surface area contributed by atoms with E-state index in [1.54, 1.807) is 35.9 Å². The third-order valence-corrected chi connectivity index (χ3v) is 4.15. The summed E-state index contributed by atoms with van der Waals surface area (Å²) in [5.41, 5.74) is -0.932. The van der Waals surface area contributed by atoms with Gasteiger partial charge in [0.1, 0.15) is 5.56 Å². The van der Waals surface area contributed by atoms with Crippen molar-refractivity contribution in [2.45, 2.75) is 26.2 Å². The van der Waals surface area contributed by atoms with Crippen molar-refractivity contribution >= 4 is 16.8 Å². The Morgan fingerprint density at radius 2 is 2.00 bits per heavy atom. The summed E-state index contributed by atoms with van der Waals surface area (Å²) in [6.07, 6.45) is -1.64. The maximum absolute atomic E-state index is 13.0. The monoisotopic (exact) mass is 375 g/mol. The van der Waals surface area contributed by atoms with E-state index in [1.807, 2.05) is 0 Å². The number of fused-ring (bicyclic) bond motifs is 1. The predicted octanol–water partition coefficient (Wildman–Crippen LogP) is 3.37. The molecule has 0 radical (unpaired) electrons. The molecular weight excluding hydrogens is 359 g/mol. The minimum Gasteiger partial charge on any atom is -0.347 e. The van der Waals surface area contributed by atoms with Crippen LogP contribution in [0.1, 0.15) is 28.5 Å². The number of pyridine rings is 2. The van der Waals surface area contributed by atoms with E-state index in [-0.39, 0.29) is 17.5 Å². The fourth-order valence-corrected chi connectivity index (χ4v) is 2.77. The largest absolute Gasteiger partial charge is 0.416 e. The summed E-state index contributed by atoms with van der Waals surface area (Å²) in [7, 11) is 0. The molecule has 1 N–H and O–H groups in total. The van der Waals surface area contributed by atoms with Crippen LogP contribution in [-0.4, -0.2) is 15.5 Å². The zero-order chi connectivity index (χ0) is 19.6. The number of carbonyl (C=O) groups excluding carboxylic acids is 1. The lowest BCUT2D eigenvalue weighted by Crippen LogP contribution is -2.30. The Hall–Kier alpha value is -3.16. The van der Waals surface area contributed by atoms with Gasteiger partial charge in [0.2, 0.25) is 5.43 Å². The highest BCUT2D eigenvalue weighted by Gasteiger charge is 2.31. The number of amides is 1. The molecule has 3 rings (SSSR count). The molecule has 5 nitrogen and oxygen atoms in total. The molecule has 1 amide bonds. The van der Waals surface area contributed by atoms with Gasteiger partial charge in [0.05, 0.1) is 23.3 Å². The normalized spacial score (nSPS) is 11.6. The van der Waals surface area contributed by atoms with Gasteiger partial charge in [-0.25, -0.2) is 0 Å². The maximum Gasteiger partial charge on any atom is 0.416 e. The zero-order valence-electron chi connectivity index (χ0n) is 14.4.